The van der Waals surface area contributed by atoms with Crippen molar-refractivity contribution in [1.82, 2.24) is 10.2 Å². The van der Waals surface area contributed by atoms with Crippen LogP contribution in [0.3, 0.4) is 0 Å². The molecule has 3 unspecified atom stereocenters. The third-order valence-corrected chi connectivity index (χ3v) is 9.94. The van der Waals surface area contributed by atoms with Gasteiger partial charge in [0.05, 0.1) is 18.1 Å². The number of nitrogens with two attached hydrogens (primary N) is 1. The molecule has 2 rings (SSSR count). The minimum Gasteiger partial charge on any atom is -0.481 e. The lowest BCUT2D eigenvalue weighted by Crippen LogP contribution is -2.65. The fraction of sp³-hybridized carbons (Fsp3) is 0.769. The van der Waals surface area contributed by atoms with Crippen LogP contribution in [0.5, 0.6) is 0 Å². The number of urea groups is 1. The van der Waals surface area contributed by atoms with Gasteiger partial charge in [-0.2, -0.15) is 0 Å². The largest absolute Gasteiger partial charge is 0.481 e. The Balaban J connectivity index is 2.00. The van der Waals surface area contributed by atoms with Crippen molar-refractivity contribution < 1.29 is 29.0 Å². The molecule has 0 spiro atoms. The van der Waals surface area contributed by atoms with Crippen LogP contribution in [0, 0.1) is 11.3 Å². The molecule has 2 aliphatic rings. The van der Waals surface area contributed by atoms with Gasteiger partial charge in [0.2, 0.25) is 5.91 Å². The quantitative estimate of drug-likeness (QED) is 0.0675. The van der Waals surface area contributed by atoms with E-state index in [0.29, 0.717) is 19.4 Å². The van der Waals surface area contributed by atoms with Gasteiger partial charge in [0, 0.05) is 18.0 Å². The summed E-state index contributed by atoms with van der Waals surface area (Å²) in [6, 6.07) is -0.811. The maximum absolute atomic E-state index is 13.5. The molecule has 1 aliphatic heterocycles. The Bertz CT molecular complexity index is 1070. The SMILES string of the molecule is CCC/C=C/C/C=C/C/C=C/CCCCCCC(C)N(C(N)=O)C1(C(CNC(=O)C2OC(C)(C)OCC2(C)C)C(=O)O)CCCCCC1. The van der Waals surface area contributed by atoms with Crippen LogP contribution in [-0.4, -0.2) is 64.5 Å². The van der Waals surface area contributed by atoms with Crippen molar-refractivity contribution >= 4 is 17.9 Å². The van der Waals surface area contributed by atoms with Gasteiger partial charge in [0.25, 0.3) is 0 Å². The fourth-order valence-electron chi connectivity index (χ4n) is 7.23. The first-order chi connectivity index (χ1) is 22.8. The molecule has 4 N–H and O–H groups in total. The molecule has 1 saturated carbocycles. The molecule has 0 aromatic heterocycles. The van der Waals surface area contributed by atoms with Crippen LogP contribution in [0.4, 0.5) is 4.79 Å². The average Bonchev–Trinajstić information content (AvgIpc) is 3.26. The molecular formula is C39H67N3O6. The summed E-state index contributed by atoms with van der Waals surface area (Å²) in [6.45, 7) is 11.7. The van der Waals surface area contributed by atoms with Gasteiger partial charge in [-0.1, -0.05) is 109 Å². The first kappa shape index (κ1) is 41.5. The molecule has 0 bridgehead atoms. The summed E-state index contributed by atoms with van der Waals surface area (Å²) in [5, 5.41) is 13.5. The van der Waals surface area contributed by atoms with Gasteiger partial charge < -0.3 is 30.5 Å². The summed E-state index contributed by atoms with van der Waals surface area (Å²) in [5.41, 5.74) is 4.51. The van der Waals surface area contributed by atoms with E-state index in [4.69, 9.17) is 15.2 Å². The lowest BCUT2D eigenvalue weighted by atomic mass is 9.74. The average molecular weight is 674 g/mol. The summed E-state index contributed by atoms with van der Waals surface area (Å²) in [6.07, 6.45) is 27.5. The van der Waals surface area contributed by atoms with Crippen LogP contribution >= 0.6 is 0 Å². The van der Waals surface area contributed by atoms with Gasteiger partial charge in [-0.3, -0.25) is 9.59 Å². The second kappa shape index (κ2) is 20.8. The number of carbonyl (C=O) groups is 3. The van der Waals surface area contributed by atoms with Gasteiger partial charge in [-0.05, 0) is 72.1 Å². The third kappa shape index (κ3) is 13.3. The minimum absolute atomic E-state index is 0.110. The Morgan fingerprint density at radius 2 is 1.48 bits per heavy atom. The molecule has 3 amide bonds. The molecule has 9 heteroatoms. The van der Waals surface area contributed by atoms with Crippen LogP contribution < -0.4 is 11.1 Å². The Morgan fingerprint density at radius 1 is 0.896 bits per heavy atom. The number of amides is 3. The number of hydrogen-bond acceptors (Lipinski definition) is 5. The molecule has 48 heavy (non-hydrogen) atoms. The maximum atomic E-state index is 13.5. The summed E-state index contributed by atoms with van der Waals surface area (Å²) in [4.78, 5) is 41.4. The first-order valence-electron chi connectivity index (χ1n) is 18.6. The Hall–Kier alpha value is -2.65. The Morgan fingerprint density at radius 3 is 2.06 bits per heavy atom. The second-order valence-electron chi connectivity index (χ2n) is 15.1. The number of carbonyl (C=O) groups excluding carboxylic acids is 2. The minimum atomic E-state index is -1.03. The van der Waals surface area contributed by atoms with Crippen molar-refractivity contribution in [2.75, 3.05) is 13.2 Å². The summed E-state index contributed by atoms with van der Waals surface area (Å²) >= 11 is 0. The standard InChI is InChI=1S/C39H67N3O6/c1-7-8-9-10-11-12-13-14-15-16-17-18-19-20-23-26-31(2)42(36(40)46)39(27-24-21-22-25-28-39)32(35(44)45)29-41-34(43)33-37(3,4)30-47-38(5,6)48-33/h9-10,12-13,15-16,31-33H,7-8,11,14,17-30H2,1-6H3,(H2,40,46)(H,41,43)(H,44,45)/b10-9+,13-12+,16-15+. The number of rotatable bonds is 20. The number of carboxylic acid groups (broad SMARTS) is 1. The molecule has 0 radical (unpaired) electrons. The molecule has 1 heterocycles. The molecule has 9 nitrogen and oxygen atoms in total. The van der Waals surface area contributed by atoms with Crippen molar-refractivity contribution in [2.45, 2.75) is 168 Å². The topological polar surface area (TPSA) is 131 Å². The van der Waals surface area contributed by atoms with E-state index in [1.54, 1.807) is 18.7 Å². The van der Waals surface area contributed by atoms with Gasteiger partial charge in [-0.15, -0.1) is 0 Å². The highest BCUT2D eigenvalue weighted by atomic mass is 16.7. The van der Waals surface area contributed by atoms with Crippen molar-refractivity contribution in [2.24, 2.45) is 17.1 Å². The van der Waals surface area contributed by atoms with E-state index < -0.39 is 40.8 Å². The number of allylic oxidation sites excluding steroid dienone is 6. The number of aliphatic carboxylic acids is 1. The van der Waals surface area contributed by atoms with Crippen LogP contribution in [0.1, 0.15) is 144 Å². The highest BCUT2D eigenvalue weighted by Crippen LogP contribution is 2.41. The molecule has 274 valence electrons. The molecule has 0 aromatic rings. The number of nitrogens with one attached hydrogen (secondary N) is 1. The van der Waals surface area contributed by atoms with E-state index >= 15 is 0 Å². The number of nitrogens with zero attached hydrogens (tertiary/aromatic N) is 1. The lowest BCUT2D eigenvalue weighted by Gasteiger charge is -2.50. The summed E-state index contributed by atoms with van der Waals surface area (Å²) < 4.78 is 11.8. The monoisotopic (exact) mass is 674 g/mol. The lowest BCUT2D eigenvalue weighted by molar-refractivity contribution is -0.304. The van der Waals surface area contributed by atoms with E-state index in [9.17, 15) is 19.5 Å². The van der Waals surface area contributed by atoms with Crippen molar-refractivity contribution in [3.05, 3.63) is 36.5 Å². The fourth-order valence-corrected chi connectivity index (χ4v) is 7.23. The van der Waals surface area contributed by atoms with Crippen molar-refractivity contribution in [3.63, 3.8) is 0 Å². The number of primary amides is 1. The molecule has 1 aliphatic carbocycles. The van der Waals surface area contributed by atoms with E-state index in [0.717, 1.165) is 83.5 Å². The van der Waals surface area contributed by atoms with Crippen LogP contribution in [0.2, 0.25) is 0 Å². The predicted molar refractivity (Wildman–Crippen MR) is 193 cm³/mol. The van der Waals surface area contributed by atoms with Gasteiger partial charge in [0.1, 0.15) is 6.10 Å². The summed E-state index contributed by atoms with van der Waals surface area (Å²) in [7, 11) is 0. The van der Waals surface area contributed by atoms with E-state index in [1.165, 1.54) is 6.42 Å². The third-order valence-electron chi connectivity index (χ3n) is 9.94. The van der Waals surface area contributed by atoms with Gasteiger partial charge in [-0.25, -0.2) is 4.79 Å². The number of carboxylic acids is 1. The molecular weight excluding hydrogens is 606 g/mol. The van der Waals surface area contributed by atoms with Crippen molar-refractivity contribution in [1.29, 1.82) is 0 Å². The Labute approximate surface area is 291 Å². The highest BCUT2D eigenvalue weighted by Gasteiger charge is 2.51. The van der Waals surface area contributed by atoms with E-state index in [2.05, 4.69) is 48.7 Å². The van der Waals surface area contributed by atoms with Crippen molar-refractivity contribution in [3.8, 4) is 0 Å². The molecule has 0 aromatic carbocycles. The van der Waals surface area contributed by atoms with Crippen LogP contribution in [0.25, 0.3) is 0 Å². The number of hydrogen-bond donors (Lipinski definition) is 3. The molecule has 3 atom stereocenters. The molecule has 2 fully saturated rings. The maximum Gasteiger partial charge on any atom is 0.315 e. The highest BCUT2D eigenvalue weighted by molar-refractivity contribution is 5.83. The number of ether oxygens (including phenoxy) is 2. The number of unbranched alkanes of at least 4 members (excludes halogenated alkanes) is 5. The second-order valence-corrected chi connectivity index (χ2v) is 15.1. The van der Waals surface area contributed by atoms with Gasteiger partial charge in [0.15, 0.2) is 5.79 Å². The van der Waals surface area contributed by atoms with Crippen LogP contribution in [-0.2, 0) is 19.1 Å². The predicted octanol–water partition coefficient (Wildman–Crippen LogP) is 8.43. The normalized spacial score (nSPS) is 22.0. The zero-order valence-electron chi connectivity index (χ0n) is 30.9. The van der Waals surface area contributed by atoms with E-state index in [1.807, 2.05) is 20.8 Å². The first-order valence-corrected chi connectivity index (χ1v) is 18.6. The zero-order valence-corrected chi connectivity index (χ0v) is 30.9. The Kier molecular flexibility index (Phi) is 18.0. The van der Waals surface area contributed by atoms with Crippen LogP contribution in [0.15, 0.2) is 36.5 Å². The molecule has 1 saturated heterocycles. The summed E-state index contributed by atoms with van der Waals surface area (Å²) in [5.74, 6) is -3.34. The van der Waals surface area contributed by atoms with E-state index in [-0.39, 0.29) is 18.5 Å². The zero-order chi connectivity index (χ0) is 35.6. The van der Waals surface area contributed by atoms with Gasteiger partial charge >= 0.3 is 12.0 Å². The smallest absolute Gasteiger partial charge is 0.315 e.